The van der Waals surface area contributed by atoms with Crippen LogP contribution in [0.3, 0.4) is 0 Å². The van der Waals surface area contributed by atoms with Crippen molar-refractivity contribution in [3.8, 4) is 0 Å². The molecule has 0 unspecified atom stereocenters. The van der Waals surface area contributed by atoms with Crippen LogP contribution in [0.4, 0.5) is 0 Å². The van der Waals surface area contributed by atoms with E-state index in [1.807, 2.05) is 0 Å². The number of carbonyl (C=O) groups excluding carboxylic acids is 1. The molecule has 0 fully saturated rings. The number of aldehydes is 1. The number of aliphatic imine (C=N–C) groups is 1. The molecule has 0 N–H and O–H groups in total. The maximum Gasteiger partial charge on any atom is 0.153 e. The summed E-state index contributed by atoms with van der Waals surface area (Å²) in [6.07, 6.45) is 1.83. The van der Waals surface area contributed by atoms with E-state index in [9.17, 15) is 4.79 Å². The van der Waals surface area contributed by atoms with Crippen LogP contribution >= 0.6 is 11.6 Å². The lowest BCUT2D eigenvalue weighted by atomic mass is 10.3. The van der Waals surface area contributed by atoms with Gasteiger partial charge in [0.25, 0.3) is 0 Å². The van der Waals surface area contributed by atoms with Gasteiger partial charge in [0.2, 0.25) is 0 Å². The van der Waals surface area contributed by atoms with Crippen molar-refractivity contribution in [3.05, 3.63) is 23.4 Å². The van der Waals surface area contributed by atoms with E-state index < -0.39 is 0 Å². The molecule has 3 heteroatoms. The van der Waals surface area contributed by atoms with Crippen LogP contribution in [0.1, 0.15) is 0 Å². The summed E-state index contributed by atoms with van der Waals surface area (Å²) in [6, 6.07) is 0. The minimum absolute atomic E-state index is 0.178. The van der Waals surface area contributed by atoms with Crippen molar-refractivity contribution in [3.63, 3.8) is 0 Å². The average Bonchev–Trinajstić information content (AvgIpc) is 1.82. The molecular formula is C6H6ClNO. The Hall–Kier alpha value is -0.890. The minimum atomic E-state index is 0.178. The Morgan fingerprint density at radius 1 is 1.67 bits per heavy atom. The Morgan fingerprint density at radius 3 is 2.33 bits per heavy atom. The standard InChI is InChI=1S/C6H6ClNO/c1-5(7)6(4-9)3-8-2/h3-4H,1-2H2/b6-3-. The lowest BCUT2D eigenvalue weighted by Gasteiger charge is -1.88. The van der Waals surface area contributed by atoms with E-state index in [1.54, 1.807) is 0 Å². The predicted octanol–water partition coefficient (Wildman–Crippen LogP) is 1.52. The summed E-state index contributed by atoms with van der Waals surface area (Å²) in [5.74, 6) is 0. The van der Waals surface area contributed by atoms with Crippen molar-refractivity contribution < 1.29 is 4.79 Å². The van der Waals surface area contributed by atoms with E-state index in [1.165, 1.54) is 6.20 Å². The van der Waals surface area contributed by atoms with Gasteiger partial charge in [-0.05, 0) is 6.72 Å². The average molecular weight is 144 g/mol. The van der Waals surface area contributed by atoms with Crippen LogP contribution in [-0.2, 0) is 4.79 Å². The largest absolute Gasteiger partial charge is 0.298 e. The highest BCUT2D eigenvalue weighted by molar-refractivity contribution is 6.33. The molecule has 0 bridgehead atoms. The number of rotatable bonds is 3. The molecule has 0 atom stereocenters. The molecule has 0 spiro atoms. The third-order valence-electron chi connectivity index (χ3n) is 0.671. The Kier molecular flexibility index (Phi) is 3.64. The number of allylic oxidation sites excluding steroid dienone is 2. The Morgan fingerprint density at radius 2 is 2.22 bits per heavy atom. The molecule has 0 saturated carbocycles. The predicted molar refractivity (Wildman–Crippen MR) is 38.7 cm³/mol. The summed E-state index contributed by atoms with van der Waals surface area (Å²) in [6.45, 7) is 6.47. The van der Waals surface area contributed by atoms with E-state index in [0.717, 1.165) is 0 Å². The maximum absolute atomic E-state index is 10.0. The summed E-state index contributed by atoms with van der Waals surface area (Å²) in [4.78, 5) is 13.4. The van der Waals surface area contributed by atoms with E-state index >= 15 is 0 Å². The summed E-state index contributed by atoms with van der Waals surface area (Å²) in [5.41, 5.74) is 0.256. The third-order valence-corrected chi connectivity index (χ3v) is 0.889. The zero-order valence-electron chi connectivity index (χ0n) is 4.80. The van der Waals surface area contributed by atoms with E-state index in [2.05, 4.69) is 18.3 Å². The van der Waals surface area contributed by atoms with Crippen LogP contribution in [-0.4, -0.2) is 13.0 Å². The number of hydrogen-bond acceptors (Lipinski definition) is 2. The van der Waals surface area contributed by atoms with Gasteiger partial charge in [0.15, 0.2) is 6.29 Å². The van der Waals surface area contributed by atoms with Gasteiger partial charge in [-0.25, -0.2) is 0 Å². The van der Waals surface area contributed by atoms with Crippen LogP contribution in [0.5, 0.6) is 0 Å². The monoisotopic (exact) mass is 143 g/mol. The van der Waals surface area contributed by atoms with Gasteiger partial charge < -0.3 is 0 Å². The topological polar surface area (TPSA) is 29.4 Å². The van der Waals surface area contributed by atoms with Crippen LogP contribution in [0, 0.1) is 0 Å². The quantitative estimate of drug-likeness (QED) is 0.255. The second kappa shape index (κ2) is 4.04. The SMILES string of the molecule is C=N/C=C(/C=O)C(=C)Cl. The molecular weight excluding hydrogens is 138 g/mol. The van der Waals surface area contributed by atoms with Crippen molar-refractivity contribution >= 4 is 24.6 Å². The Balaban J connectivity index is 4.32. The molecule has 0 aliphatic heterocycles. The fourth-order valence-corrected chi connectivity index (χ4v) is 0.356. The van der Waals surface area contributed by atoms with Gasteiger partial charge in [0, 0.05) is 11.2 Å². The van der Waals surface area contributed by atoms with Crippen LogP contribution in [0.15, 0.2) is 28.4 Å². The highest BCUT2D eigenvalue weighted by Crippen LogP contribution is 2.08. The maximum atomic E-state index is 10.0. The molecule has 0 aliphatic carbocycles. The highest BCUT2D eigenvalue weighted by Gasteiger charge is 1.94. The fraction of sp³-hybridized carbons (Fsp3) is 0. The molecule has 0 aliphatic rings. The number of carbonyl (C=O) groups is 1. The van der Waals surface area contributed by atoms with Crippen LogP contribution < -0.4 is 0 Å². The first-order valence-electron chi connectivity index (χ1n) is 2.18. The van der Waals surface area contributed by atoms with Crippen molar-refractivity contribution in [2.75, 3.05) is 0 Å². The fourth-order valence-electron chi connectivity index (χ4n) is 0.263. The molecule has 48 valence electrons. The molecule has 0 radical (unpaired) electrons. The molecule has 2 nitrogen and oxygen atoms in total. The lowest BCUT2D eigenvalue weighted by Crippen LogP contribution is -1.80. The minimum Gasteiger partial charge on any atom is -0.298 e. The molecule has 0 amide bonds. The van der Waals surface area contributed by atoms with Gasteiger partial charge in [-0.15, -0.1) is 0 Å². The third kappa shape index (κ3) is 2.82. The number of halogens is 1. The zero-order valence-corrected chi connectivity index (χ0v) is 5.56. The van der Waals surface area contributed by atoms with E-state index in [4.69, 9.17) is 11.6 Å². The summed E-state index contributed by atoms with van der Waals surface area (Å²) in [7, 11) is 0. The van der Waals surface area contributed by atoms with Gasteiger partial charge in [-0.1, -0.05) is 18.2 Å². The molecule has 0 rings (SSSR count). The van der Waals surface area contributed by atoms with Crippen LogP contribution in [0.25, 0.3) is 0 Å². The first-order valence-corrected chi connectivity index (χ1v) is 2.56. The molecule has 0 aromatic heterocycles. The highest BCUT2D eigenvalue weighted by atomic mass is 35.5. The summed E-state index contributed by atoms with van der Waals surface area (Å²) < 4.78 is 0. The Bertz CT molecular complexity index is 172. The molecule has 9 heavy (non-hydrogen) atoms. The van der Waals surface area contributed by atoms with Crippen molar-refractivity contribution in [2.24, 2.45) is 4.99 Å². The van der Waals surface area contributed by atoms with Gasteiger partial charge >= 0.3 is 0 Å². The second-order valence-electron chi connectivity index (χ2n) is 1.29. The van der Waals surface area contributed by atoms with Gasteiger partial charge in [-0.3, -0.25) is 9.79 Å². The summed E-state index contributed by atoms with van der Waals surface area (Å²) >= 11 is 5.34. The number of nitrogens with zero attached hydrogens (tertiary/aromatic N) is 1. The second-order valence-corrected chi connectivity index (χ2v) is 1.75. The van der Waals surface area contributed by atoms with Gasteiger partial charge in [0.05, 0.1) is 5.57 Å². The number of hydrogen-bond donors (Lipinski definition) is 0. The zero-order chi connectivity index (χ0) is 7.28. The molecule has 0 aromatic rings. The molecule has 0 saturated heterocycles. The normalized spacial score (nSPS) is 10.6. The lowest BCUT2D eigenvalue weighted by molar-refractivity contribution is -0.104. The van der Waals surface area contributed by atoms with E-state index in [0.29, 0.717) is 6.29 Å². The van der Waals surface area contributed by atoms with Crippen molar-refractivity contribution in [2.45, 2.75) is 0 Å². The molecule has 0 heterocycles. The van der Waals surface area contributed by atoms with E-state index in [-0.39, 0.29) is 10.6 Å². The smallest absolute Gasteiger partial charge is 0.153 e. The van der Waals surface area contributed by atoms with Crippen molar-refractivity contribution in [1.82, 2.24) is 0 Å². The van der Waals surface area contributed by atoms with Crippen LogP contribution in [0.2, 0.25) is 0 Å². The summed E-state index contributed by atoms with van der Waals surface area (Å²) in [5, 5.41) is 0.178. The van der Waals surface area contributed by atoms with Crippen molar-refractivity contribution in [1.29, 1.82) is 0 Å². The molecule has 0 aromatic carbocycles. The Labute approximate surface area is 58.5 Å². The van der Waals surface area contributed by atoms with Gasteiger partial charge in [-0.2, -0.15) is 0 Å². The first-order chi connectivity index (χ1) is 4.22. The van der Waals surface area contributed by atoms with Gasteiger partial charge in [0.1, 0.15) is 0 Å². The first kappa shape index (κ1) is 8.11.